The van der Waals surface area contributed by atoms with Gasteiger partial charge in [0.15, 0.2) is 17.6 Å². The molecule has 0 aliphatic heterocycles. The molecule has 1 rings (SSSR count). The molecule has 0 aromatic heterocycles. The van der Waals surface area contributed by atoms with Gasteiger partial charge in [-0.25, -0.2) is 0 Å². The van der Waals surface area contributed by atoms with E-state index in [0.29, 0.717) is 12.1 Å². The molecule has 1 aromatic rings. The summed E-state index contributed by atoms with van der Waals surface area (Å²) in [5, 5.41) is 22.3. The number of rotatable bonds is 10. The van der Waals surface area contributed by atoms with Gasteiger partial charge >= 0.3 is 0 Å². The minimum absolute atomic E-state index is 0.0223. The number of benzene rings is 1. The van der Waals surface area contributed by atoms with Crippen molar-refractivity contribution >= 4 is 5.91 Å². The number of phenolic OH excluding ortho intramolecular Hbond substituents is 1. The highest BCUT2D eigenvalue weighted by atomic mass is 16.5. The summed E-state index contributed by atoms with van der Waals surface area (Å²) in [7, 11) is 1.42. The van der Waals surface area contributed by atoms with Crippen molar-refractivity contribution in [2.45, 2.75) is 51.6 Å². The first kappa shape index (κ1) is 18.3. The average Bonchev–Trinajstić information content (AvgIpc) is 2.53. The summed E-state index contributed by atoms with van der Waals surface area (Å²) in [4.78, 5) is 11.9. The van der Waals surface area contributed by atoms with Crippen molar-refractivity contribution in [3.05, 3.63) is 23.8 Å². The van der Waals surface area contributed by atoms with Crippen LogP contribution in [0.25, 0.3) is 0 Å². The molecule has 3 N–H and O–H groups in total. The van der Waals surface area contributed by atoms with Gasteiger partial charge in [-0.3, -0.25) is 4.79 Å². The van der Waals surface area contributed by atoms with Crippen LogP contribution in [-0.2, 0) is 4.79 Å². The van der Waals surface area contributed by atoms with Gasteiger partial charge in [0.05, 0.1) is 7.11 Å². The summed E-state index contributed by atoms with van der Waals surface area (Å²) in [6.07, 6.45) is 5.65. The molecular weight excluding hydrogens is 282 g/mol. The molecule has 0 aliphatic rings. The number of phenols is 1. The third-order valence-corrected chi connectivity index (χ3v) is 3.60. The van der Waals surface area contributed by atoms with E-state index in [2.05, 4.69) is 12.2 Å². The Morgan fingerprint density at radius 1 is 1.23 bits per heavy atom. The van der Waals surface area contributed by atoms with E-state index in [1.54, 1.807) is 0 Å². The van der Waals surface area contributed by atoms with Gasteiger partial charge in [0, 0.05) is 6.54 Å². The minimum Gasteiger partial charge on any atom is -0.504 e. The summed E-state index contributed by atoms with van der Waals surface area (Å²) < 4.78 is 4.97. The van der Waals surface area contributed by atoms with E-state index in [0.717, 1.165) is 12.8 Å². The second-order valence-corrected chi connectivity index (χ2v) is 5.39. The summed E-state index contributed by atoms with van der Waals surface area (Å²) in [5.74, 6) is -0.215. The maximum absolute atomic E-state index is 11.9. The summed E-state index contributed by atoms with van der Waals surface area (Å²) in [5.41, 5.74) is 0.398. The number of aliphatic hydroxyl groups is 1. The summed E-state index contributed by atoms with van der Waals surface area (Å²) >= 11 is 0. The van der Waals surface area contributed by atoms with Crippen LogP contribution >= 0.6 is 0 Å². The number of nitrogens with one attached hydrogen (secondary N) is 1. The first-order valence-electron chi connectivity index (χ1n) is 7.92. The first-order chi connectivity index (χ1) is 10.6. The Hall–Kier alpha value is -1.75. The smallest absolute Gasteiger partial charge is 0.253 e. The third kappa shape index (κ3) is 5.93. The van der Waals surface area contributed by atoms with Crippen LogP contribution in [0.3, 0.4) is 0 Å². The fourth-order valence-corrected chi connectivity index (χ4v) is 2.23. The van der Waals surface area contributed by atoms with Crippen LogP contribution in [0.5, 0.6) is 11.5 Å². The summed E-state index contributed by atoms with van der Waals surface area (Å²) in [6, 6.07) is 4.37. The second-order valence-electron chi connectivity index (χ2n) is 5.39. The Kier molecular flexibility index (Phi) is 8.36. The van der Waals surface area contributed by atoms with E-state index >= 15 is 0 Å². The zero-order valence-electron chi connectivity index (χ0n) is 13.5. The van der Waals surface area contributed by atoms with Gasteiger partial charge in [-0.05, 0) is 24.1 Å². The zero-order valence-corrected chi connectivity index (χ0v) is 13.5. The predicted octanol–water partition coefficient (Wildman–Crippen LogP) is 2.91. The number of hydrogen-bond donors (Lipinski definition) is 3. The zero-order chi connectivity index (χ0) is 16.4. The molecule has 124 valence electrons. The van der Waals surface area contributed by atoms with Crippen molar-refractivity contribution in [1.29, 1.82) is 0 Å². The molecule has 0 saturated carbocycles. The molecule has 1 atom stereocenters. The number of hydrogen-bond acceptors (Lipinski definition) is 4. The molecule has 5 heteroatoms. The lowest BCUT2D eigenvalue weighted by molar-refractivity contribution is -0.129. The van der Waals surface area contributed by atoms with Crippen LogP contribution in [0.4, 0.5) is 0 Å². The van der Waals surface area contributed by atoms with Crippen molar-refractivity contribution in [3.63, 3.8) is 0 Å². The fraction of sp³-hybridized carbons (Fsp3) is 0.588. The van der Waals surface area contributed by atoms with E-state index in [1.165, 1.54) is 51.0 Å². The molecule has 22 heavy (non-hydrogen) atoms. The van der Waals surface area contributed by atoms with Crippen molar-refractivity contribution < 1.29 is 19.7 Å². The Labute approximate surface area is 132 Å². The number of carbonyl (C=O) groups is 1. The van der Waals surface area contributed by atoms with Gasteiger partial charge in [0.1, 0.15) is 0 Å². The lowest BCUT2D eigenvalue weighted by Crippen LogP contribution is -2.30. The number of amides is 1. The normalized spacial score (nSPS) is 12.0. The maximum Gasteiger partial charge on any atom is 0.253 e. The number of methoxy groups -OCH3 is 1. The predicted molar refractivity (Wildman–Crippen MR) is 86.0 cm³/mol. The molecule has 0 bridgehead atoms. The van der Waals surface area contributed by atoms with Crippen LogP contribution < -0.4 is 10.1 Å². The monoisotopic (exact) mass is 309 g/mol. The molecule has 5 nitrogen and oxygen atoms in total. The molecule has 1 aromatic carbocycles. The summed E-state index contributed by atoms with van der Waals surface area (Å²) in [6.45, 7) is 2.75. The fourth-order valence-electron chi connectivity index (χ4n) is 2.23. The molecule has 0 radical (unpaired) electrons. The molecule has 1 amide bonds. The molecule has 0 spiro atoms. The standard InChI is InChI=1S/C17H27NO4/c1-3-4-5-6-7-8-11-18-17(21)16(20)13-9-10-14(19)15(12-13)22-2/h9-10,12,16,19-20H,3-8,11H2,1-2H3,(H,18,21). The van der Waals surface area contributed by atoms with Crippen LogP contribution in [0.1, 0.15) is 57.1 Å². The third-order valence-electron chi connectivity index (χ3n) is 3.60. The van der Waals surface area contributed by atoms with Gasteiger partial charge in [0.25, 0.3) is 5.91 Å². The van der Waals surface area contributed by atoms with E-state index in [9.17, 15) is 15.0 Å². The van der Waals surface area contributed by atoms with Crippen LogP contribution in [0, 0.1) is 0 Å². The Balaban J connectivity index is 2.36. The van der Waals surface area contributed by atoms with Gasteiger partial charge in [-0.2, -0.15) is 0 Å². The molecule has 1 unspecified atom stereocenters. The number of carbonyl (C=O) groups excluding carboxylic acids is 1. The van der Waals surface area contributed by atoms with E-state index < -0.39 is 12.0 Å². The van der Waals surface area contributed by atoms with E-state index in [1.807, 2.05) is 0 Å². The maximum atomic E-state index is 11.9. The van der Waals surface area contributed by atoms with E-state index in [4.69, 9.17) is 4.74 Å². The minimum atomic E-state index is -1.26. The van der Waals surface area contributed by atoms with Gasteiger partial charge < -0.3 is 20.3 Å². The Morgan fingerprint density at radius 2 is 1.91 bits per heavy atom. The van der Waals surface area contributed by atoms with Gasteiger partial charge in [-0.15, -0.1) is 0 Å². The van der Waals surface area contributed by atoms with Gasteiger partial charge in [-0.1, -0.05) is 45.1 Å². The van der Waals surface area contributed by atoms with Crippen LogP contribution in [0.2, 0.25) is 0 Å². The van der Waals surface area contributed by atoms with Crippen molar-refractivity contribution in [3.8, 4) is 11.5 Å². The number of aliphatic hydroxyl groups excluding tert-OH is 1. The molecule has 0 saturated heterocycles. The van der Waals surface area contributed by atoms with Gasteiger partial charge in [0.2, 0.25) is 0 Å². The highest BCUT2D eigenvalue weighted by Gasteiger charge is 2.18. The Morgan fingerprint density at radius 3 is 2.59 bits per heavy atom. The van der Waals surface area contributed by atoms with Crippen molar-refractivity contribution in [2.24, 2.45) is 0 Å². The van der Waals surface area contributed by atoms with E-state index in [-0.39, 0.29) is 11.5 Å². The average molecular weight is 309 g/mol. The molecule has 0 fully saturated rings. The second kappa shape index (κ2) is 10.1. The lowest BCUT2D eigenvalue weighted by atomic mass is 10.1. The lowest BCUT2D eigenvalue weighted by Gasteiger charge is -2.13. The largest absolute Gasteiger partial charge is 0.504 e. The highest BCUT2D eigenvalue weighted by molar-refractivity contribution is 5.82. The van der Waals surface area contributed by atoms with Crippen molar-refractivity contribution in [2.75, 3.05) is 13.7 Å². The number of ether oxygens (including phenoxy) is 1. The first-order valence-corrected chi connectivity index (χ1v) is 7.92. The van der Waals surface area contributed by atoms with Crippen LogP contribution in [-0.4, -0.2) is 29.8 Å². The molecule has 0 aliphatic carbocycles. The topological polar surface area (TPSA) is 78.8 Å². The SMILES string of the molecule is CCCCCCCCNC(=O)C(O)c1ccc(O)c(OC)c1. The quantitative estimate of drug-likeness (QED) is 0.581. The molecule has 0 heterocycles. The number of aromatic hydroxyl groups is 1. The van der Waals surface area contributed by atoms with Crippen molar-refractivity contribution in [1.82, 2.24) is 5.32 Å². The molecular formula is C17H27NO4. The highest BCUT2D eigenvalue weighted by Crippen LogP contribution is 2.28. The number of unbranched alkanes of at least 4 members (excludes halogenated alkanes) is 5. The van der Waals surface area contributed by atoms with Crippen LogP contribution in [0.15, 0.2) is 18.2 Å². The Bertz CT molecular complexity index is 462.